The third kappa shape index (κ3) is 7.34. The molecule has 0 aliphatic heterocycles. The lowest BCUT2D eigenvalue weighted by molar-refractivity contribution is 0.0927. The summed E-state index contributed by atoms with van der Waals surface area (Å²) in [6, 6.07) is 0. The first-order valence-corrected chi connectivity index (χ1v) is 9.57. The Morgan fingerprint density at radius 3 is 1.56 bits per heavy atom. The van der Waals surface area contributed by atoms with Crippen LogP contribution in [0.2, 0.25) is 0 Å². The summed E-state index contributed by atoms with van der Waals surface area (Å²) in [5.74, 6) is 0.863. The second-order valence-corrected chi connectivity index (χ2v) is 8.22. The number of hydrogen-bond donors (Lipinski definition) is 1. The summed E-state index contributed by atoms with van der Waals surface area (Å²) in [5, 5.41) is 11.6. The minimum absolute atomic E-state index is 0.241. The molecule has 0 amide bonds. The molecule has 0 radical (unpaired) electrons. The maximum Gasteiger partial charge on any atom is 0.0540 e. The molecule has 0 aliphatic rings. The molecule has 5 heteroatoms. The van der Waals surface area contributed by atoms with Crippen molar-refractivity contribution in [1.82, 2.24) is 0 Å². The van der Waals surface area contributed by atoms with Gasteiger partial charge in [-0.05, 0) is 31.6 Å². The van der Waals surface area contributed by atoms with Crippen LogP contribution in [0.1, 0.15) is 26.7 Å². The van der Waals surface area contributed by atoms with Gasteiger partial charge in [-0.3, -0.25) is 0 Å². The summed E-state index contributed by atoms with van der Waals surface area (Å²) in [5.41, 5.74) is 0. The van der Waals surface area contributed by atoms with Gasteiger partial charge in [0.05, 0.1) is 6.10 Å². The third-order valence-electron chi connectivity index (χ3n) is 2.96. The molecule has 0 aromatic carbocycles. The highest BCUT2D eigenvalue weighted by Crippen LogP contribution is 2.30. The molecule has 0 saturated carbocycles. The van der Waals surface area contributed by atoms with Crippen molar-refractivity contribution in [2.75, 3.05) is 10.7 Å². The highest BCUT2D eigenvalue weighted by molar-refractivity contribution is 9.12. The SMILES string of the molecule is CC(O)C(C)C(CC(Br)CBr)CC(Br)CBr. The molecular formula is C11H20Br4O. The van der Waals surface area contributed by atoms with Crippen LogP contribution in [-0.4, -0.2) is 31.5 Å². The number of halogens is 4. The fraction of sp³-hybridized carbons (Fsp3) is 1.00. The minimum atomic E-state index is -0.241. The average molecular weight is 488 g/mol. The van der Waals surface area contributed by atoms with Gasteiger partial charge in [-0.2, -0.15) is 0 Å². The van der Waals surface area contributed by atoms with Gasteiger partial charge in [0.25, 0.3) is 0 Å². The Labute approximate surface area is 133 Å². The largest absolute Gasteiger partial charge is 0.393 e. The topological polar surface area (TPSA) is 20.2 Å². The molecule has 0 heterocycles. The molecule has 1 nitrogen and oxygen atoms in total. The van der Waals surface area contributed by atoms with Crippen LogP contribution in [-0.2, 0) is 0 Å². The fourth-order valence-corrected chi connectivity index (χ4v) is 3.19. The minimum Gasteiger partial charge on any atom is -0.393 e. The second-order valence-electron chi connectivity index (χ2n) is 4.33. The van der Waals surface area contributed by atoms with Crippen molar-refractivity contribution in [3.05, 3.63) is 0 Å². The molecule has 1 N–H and O–H groups in total. The van der Waals surface area contributed by atoms with E-state index in [1.54, 1.807) is 0 Å². The highest BCUT2D eigenvalue weighted by Gasteiger charge is 2.25. The van der Waals surface area contributed by atoms with Crippen LogP contribution in [0.15, 0.2) is 0 Å². The van der Waals surface area contributed by atoms with E-state index in [2.05, 4.69) is 70.6 Å². The predicted octanol–water partition coefficient (Wildman–Crippen LogP) is 4.72. The van der Waals surface area contributed by atoms with E-state index in [0.717, 1.165) is 23.5 Å². The molecule has 0 rings (SSSR count). The Hall–Kier alpha value is 1.88. The molecule has 0 aliphatic carbocycles. The van der Waals surface area contributed by atoms with E-state index in [1.165, 1.54) is 0 Å². The zero-order valence-electron chi connectivity index (χ0n) is 9.67. The Balaban J connectivity index is 4.37. The Kier molecular flexibility index (Phi) is 10.9. The van der Waals surface area contributed by atoms with Gasteiger partial charge < -0.3 is 5.11 Å². The molecule has 0 spiro atoms. The maximum absolute atomic E-state index is 9.71. The van der Waals surface area contributed by atoms with E-state index >= 15 is 0 Å². The quantitative estimate of drug-likeness (QED) is 0.491. The van der Waals surface area contributed by atoms with Gasteiger partial charge in [0.2, 0.25) is 0 Å². The van der Waals surface area contributed by atoms with Crippen LogP contribution >= 0.6 is 63.7 Å². The number of alkyl halides is 4. The van der Waals surface area contributed by atoms with Gasteiger partial charge in [0, 0.05) is 20.3 Å². The zero-order chi connectivity index (χ0) is 12.7. The molecule has 0 fully saturated rings. The molecule has 0 aromatic rings. The van der Waals surface area contributed by atoms with Crippen molar-refractivity contribution >= 4 is 63.7 Å². The molecule has 4 unspecified atom stereocenters. The van der Waals surface area contributed by atoms with Crippen LogP contribution < -0.4 is 0 Å². The van der Waals surface area contributed by atoms with Crippen LogP contribution in [0.3, 0.4) is 0 Å². The van der Waals surface area contributed by atoms with Crippen LogP contribution in [0.4, 0.5) is 0 Å². The summed E-state index contributed by atoms with van der Waals surface area (Å²) in [4.78, 5) is 0.961. The average Bonchev–Trinajstić information content (AvgIpc) is 2.26. The lowest BCUT2D eigenvalue weighted by atomic mass is 9.83. The van der Waals surface area contributed by atoms with Crippen molar-refractivity contribution in [2.24, 2.45) is 11.8 Å². The lowest BCUT2D eigenvalue weighted by Crippen LogP contribution is -2.27. The predicted molar refractivity (Wildman–Crippen MR) is 86.6 cm³/mol. The number of hydrogen-bond acceptors (Lipinski definition) is 1. The second kappa shape index (κ2) is 9.76. The molecular weight excluding hydrogens is 468 g/mol. The van der Waals surface area contributed by atoms with Gasteiger partial charge in [-0.25, -0.2) is 0 Å². The molecule has 0 aromatic heterocycles. The molecule has 0 saturated heterocycles. The summed E-state index contributed by atoms with van der Waals surface area (Å²) in [7, 11) is 0. The Morgan fingerprint density at radius 1 is 0.938 bits per heavy atom. The molecule has 0 bridgehead atoms. The van der Waals surface area contributed by atoms with Gasteiger partial charge >= 0.3 is 0 Å². The smallest absolute Gasteiger partial charge is 0.0540 e. The van der Waals surface area contributed by atoms with Gasteiger partial charge in [-0.15, -0.1) is 0 Å². The number of rotatable bonds is 8. The molecule has 16 heavy (non-hydrogen) atoms. The van der Waals surface area contributed by atoms with E-state index < -0.39 is 0 Å². The van der Waals surface area contributed by atoms with E-state index in [9.17, 15) is 5.11 Å². The maximum atomic E-state index is 9.71. The first kappa shape index (κ1) is 17.9. The van der Waals surface area contributed by atoms with Crippen molar-refractivity contribution < 1.29 is 5.11 Å². The first-order valence-electron chi connectivity index (χ1n) is 5.50. The van der Waals surface area contributed by atoms with E-state index in [-0.39, 0.29) is 6.10 Å². The highest BCUT2D eigenvalue weighted by atomic mass is 79.9. The standard InChI is InChI=1S/C11H20Br4O/c1-7(8(2)16)9(3-10(14)5-12)4-11(15)6-13/h7-11,16H,3-6H2,1-2H3. The Bertz CT molecular complexity index is 165. The zero-order valence-corrected chi connectivity index (χ0v) is 16.0. The Morgan fingerprint density at radius 2 is 1.31 bits per heavy atom. The first-order chi connectivity index (χ1) is 7.42. The van der Waals surface area contributed by atoms with E-state index in [1.807, 2.05) is 6.92 Å². The normalized spacial score (nSPS) is 21.2. The van der Waals surface area contributed by atoms with Crippen molar-refractivity contribution in [3.63, 3.8) is 0 Å². The fourth-order valence-electron chi connectivity index (χ4n) is 1.70. The van der Waals surface area contributed by atoms with Crippen LogP contribution in [0.5, 0.6) is 0 Å². The van der Waals surface area contributed by atoms with Crippen LogP contribution in [0, 0.1) is 11.8 Å². The summed E-state index contributed by atoms with van der Waals surface area (Å²) >= 11 is 14.3. The van der Waals surface area contributed by atoms with Gasteiger partial charge in [-0.1, -0.05) is 70.6 Å². The number of aliphatic hydroxyl groups excluding tert-OH is 1. The van der Waals surface area contributed by atoms with E-state index in [4.69, 9.17) is 0 Å². The third-order valence-corrected chi connectivity index (χ3v) is 7.65. The summed E-state index contributed by atoms with van der Waals surface area (Å²) < 4.78 is 0. The van der Waals surface area contributed by atoms with Crippen molar-refractivity contribution in [1.29, 1.82) is 0 Å². The summed E-state index contributed by atoms with van der Waals surface area (Å²) in [6.45, 7) is 4.02. The lowest BCUT2D eigenvalue weighted by Gasteiger charge is -2.29. The monoisotopic (exact) mass is 484 g/mol. The summed E-state index contributed by atoms with van der Waals surface area (Å²) in [6.07, 6.45) is 1.94. The van der Waals surface area contributed by atoms with Crippen LogP contribution in [0.25, 0.3) is 0 Å². The number of aliphatic hydroxyl groups is 1. The molecule has 4 atom stereocenters. The molecule has 98 valence electrons. The van der Waals surface area contributed by atoms with Crippen molar-refractivity contribution in [2.45, 2.75) is 42.4 Å². The van der Waals surface area contributed by atoms with Gasteiger partial charge in [0.1, 0.15) is 0 Å². The van der Waals surface area contributed by atoms with Crippen molar-refractivity contribution in [3.8, 4) is 0 Å². The van der Waals surface area contributed by atoms with E-state index in [0.29, 0.717) is 21.5 Å². The van der Waals surface area contributed by atoms with Gasteiger partial charge in [0.15, 0.2) is 0 Å².